The van der Waals surface area contributed by atoms with Crippen molar-refractivity contribution in [2.75, 3.05) is 13.2 Å². The number of aliphatic hydroxyl groups is 4. The first-order valence-electron chi connectivity index (χ1n) is 7.10. The highest BCUT2D eigenvalue weighted by atomic mass is 16.3. The Balaban J connectivity index is 5.01. The molecular formula is C12H25N5O7. The smallest absolute Gasteiger partial charge is 0.243 e. The molecule has 0 rings (SSSR count). The largest absolute Gasteiger partial charge is 0.394 e. The van der Waals surface area contributed by atoms with Gasteiger partial charge in [0.25, 0.3) is 0 Å². The van der Waals surface area contributed by atoms with Gasteiger partial charge in [-0.2, -0.15) is 0 Å². The van der Waals surface area contributed by atoms with E-state index >= 15 is 0 Å². The number of aliphatic hydroxyl groups excluding tert-OH is 4. The van der Waals surface area contributed by atoms with E-state index in [-0.39, 0.29) is 0 Å². The third-order valence-electron chi connectivity index (χ3n) is 2.92. The maximum Gasteiger partial charge on any atom is 0.243 e. The Kier molecular flexibility index (Phi) is 10.0. The fourth-order valence-electron chi connectivity index (χ4n) is 1.71. The molecule has 0 saturated carbocycles. The highest BCUT2D eigenvalue weighted by Crippen LogP contribution is 1.97. The van der Waals surface area contributed by atoms with Gasteiger partial charge in [0.15, 0.2) is 0 Å². The van der Waals surface area contributed by atoms with Crippen molar-refractivity contribution in [3.05, 3.63) is 0 Å². The van der Waals surface area contributed by atoms with Gasteiger partial charge in [-0.15, -0.1) is 0 Å². The summed E-state index contributed by atoms with van der Waals surface area (Å²) in [5, 5.41) is 43.2. The molecule has 24 heavy (non-hydrogen) atoms. The van der Waals surface area contributed by atoms with Crippen molar-refractivity contribution in [1.82, 2.24) is 16.0 Å². The lowest BCUT2D eigenvalue weighted by Gasteiger charge is -2.25. The maximum absolute atomic E-state index is 12.1. The number of carbonyl (C=O) groups excluding carboxylic acids is 3. The van der Waals surface area contributed by atoms with Gasteiger partial charge in [0, 0.05) is 0 Å². The number of nitrogens with one attached hydrogen (secondary N) is 3. The number of amides is 3. The Bertz CT molecular complexity index is 432. The molecule has 0 spiro atoms. The summed E-state index contributed by atoms with van der Waals surface area (Å²) in [7, 11) is 0. The van der Waals surface area contributed by atoms with Gasteiger partial charge in [-0.05, 0) is 6.92 Å². The first kappa shape index (κ1) is 22.2. The van der Waals surface area contributed by atoms with E-state index in [1.807, 2.05) is 0 Å². The van der Waals surface area contributed by atoms with E-state index in [4.69, 9.17) is 21.7 Å². The van der Waals surface area contributed by atoms with Gasteiger partial charge < -0.3 is 42.5 Å². The minimum Gasteiger partial charge on any atom is -0.394 e. The van der Waals surface area contributed by atoms with Crippen LogP contribution in [-0.2, 0) is 14.4 Å². The summed E-state index contributed by atoms with van der Waals surface area (Å²) in [6, 6.07) is -3.87. The molecule has 12 heteroatoms. The second kappa shape index (κ2) is 10.9. The van der Waals surface area contributed by atoms with Crippen LogP contribution >= 0.6 is 0 Å². The zero-order valence-electron chi connectivity index (χ0n) is 13.2. The van der Waals surface area contributed by atoms with Gasteiger partial charge in [-0.3, -0.25) is 19.7 Å². The van der Waals surface area contributed by atoms with E-state index < -0.39 is 67.9 Å². The minimum atomic E-state index is -1.56. The van der Waals surface area contributed by atoms with Crippen molar-refractivity contribution in [2.45, 2.75) is 43.9 Å². The molecule has 12 nitrogen and oxygen atoms in total. The molecule has 0 aliphatic heterocycles. The van der Waals surface area contributed by atoms with Crippen LogP contribution in [0.3, 0.4) is 0 Å². The van der Waals surface area contributed by atoms with Crippen LogP contribution in [0.4, 0.5) is 0 Å². The molecular weight excluding hydrogens is 326 g/mol. The first-order valence-corrected chi connectivity index (χ1v) is 7.10. The van der Waals surface area contributed by atoms with E-state index in [1.54, 1.807) is 0 Å². The SMILES string of the molecule is CC(O)NC(CO)C(=O)NC(CC(N)=O)C(=O)NC(CO)C(N)O. The van der Waals surface area contributed by atoms with E-state index in [0.29, 0.717) is 0 Å². The van der Waals surface area contributed by atoms with E-state index in [9.17, 15) is 24.6 Å². The summed E-state index contributed by atoms with van der Waals surface area (Å²) in [5.41, 5.74) is 10.2. The Morgan fingerprint density at radius 3 is 1.92 bits per heavy atom. The lowest BCUT2D eigenvalue weighted by Crippen LogP contribution is -2.59. The van der Waals surface area contributed by atoms with E-state index in [0.717, 1.165) is 0 Å². The zero-order valence-corrected chi connectivity index (χ0v) is 13.2. The van der Waals surface area contributed by atoms with Crippen LogP contribution in [0.5, 0.6) is 0 Å². The molecule has 0 radical (unpaired) electrons. The standard InChI is InChI=1S/C12H25N5O7/c1-5(20)15-8(4-19)12(24)16-6(2-9(13)21)11(23)17-7(3-18)10(14)22/h5-8,10,15,18-20,22H,2-4,14H2,1H3,(H2,13,21)(H,16,24)(H,17,23). The molecule has 0 aromatic carbocycles. The fourth-order valence-corrected chi connectivity index (χ4v) is 1.71. The quantitative estimate of drug-likeness (QED) is 0.162. The normalized spacial score (nSPS) is 17.2. The van der Waals surface area contributed by atoms with Crippen LogP contribution in [0.1, 0.15) is 13.3 Å². The third kappa shape index (κ3) is 8.14. The van der Waals surface area contributed by atoms with Crippen LogP contribution in [-0.4, -0.2) is 81.9 Å². The lowest BCUT2D eigenvalue weighted by atomic mass is 10.1. The molecule has 0 aromatic rings. The van der Waals surface area contributed by atoms with Crippen LogP contribution in [0.15, 0.2) is 0 Å². The zero-order chi connectivity index (χ0) is 18.9. The van der Waals surface area contributed by atoms with Crippen molar-refractivity contribution in [3.63, 3.8) is 0 Å². The Labute approximate surface area is 138 Å². The molecule has 0 fully saturated rings. The number of hydrogen-bond acceptors (Lipinski definition) is 9. The molecule has 0 aliphatic carbocycles. The molecule has 5 unspecified atom stereocenters. The summed E-state index contributed by atoms with van der Waals surface area (Å²) in [6.07, 6.45) is -3.24. The molecule has 0 heterocycles. The number of rotatable bonds is 11. The molecule has 0 bridgehead atoms. The molecule has 5 atom stereocenters. The van der Waals surface area contributed by atoms with Gasteiger partial charge in [0.1, 0.15) is 24.5 Å². The van der Waals surface area contributed by atoms with E-state index in [1.165, 1.54) is 6.92 Å². The molecule has 3 amide bonds. The summed E-state index contributed by atoms with van der Waals surface area (Å²) >= 11 is 0. The van der Waals surface area contributed by atoms with Gasteiger partial charge in [-0.1, -0.05) is 0 Å². The molecule has 0 aliphatic rings. The van der Waals surface area contributed by atoms with Crippen molar-refractivity contribution >= 4 is 17.7 Å². The molecule has 0 aromatic heterocycles. The number of nitrogens with two attached hydrogens (primary N) is 2. The lowest BCUT2D eigenvalue weighted by molar-refractivity contribution is -0.133. The summed E-state index contributed by atoms with van der Waals surface area (Å²) in [6.45, 7) is -0.0378. The van der Waals surface area contributed by atoms with Crippen LogP contribution in [0.25, 0.3) is 0 Å². The van der Waals surface area contributed by atoms with Gasteiger partial charge >= 0.3 is 0 Å². The van der Waals surface area contributed by atoms with Crippen molar-refractivity contribution in [1.29, 1.82) is 0 Å². The Morgan fingerprint density at radius 1 is 1.00 bits per heavy atom. The maximum atomic E-state index is 12.1. The Hall–Kier alpha value is -1.83. The topological polar surface area (TPSA) is 220 Å². The van der Waals surface area contributed by atoms with Crippen LogP contribution in [0.2, 0.25) is 0 Å². The first-order chi connectivity index (χ1) is 11.1. The number of primary amides is 1. The van der Waals surface area contributed by atoms with Crippen molar-refractivity contribution in [2.24, 2.45) is 11.5 Å². The van der Waals surface area contributed by atoms with Gasteiger partial charge in [-0.25, -0.2) is 0 Å². The number of hydrogen-bond donors (Lipinski definition) is 9. The van der Waals surface area contributed by atoms with E-state index in [2.05, 4.69) is 16.0 Å². The predicted octanol–water partition coefficient (Wildman–Crippen LogP) is -5.61. The monoisotopic (exact) mass is 351 g/mol. The molecule has 0 saturated heterocycles. The predicted molar refractivity (Wildman–Crippen MR) is 80.6 cm³/mol. The van der Waals surface area contributed by atoms with Crippen LogP contribution < -0.4 is 27.4 Å². The van der Waals surface area contributed by atoms with Crippen molar-refractivity contribution in [3.8, 4) is 0 Å². The third-order valence-corrected chi connectivity index (χ3v) is 2.92. The molecule has 11 N–H and O–H groups in total. The van der Waals surface area contributed by atoms with Crippen LogP contribution in [0, 0.1) is 0 Å². The van der Waals surface area contributed by atoms with Gasteiger partial charge in [0.2, 0.25) is 17.7 Å². The Morgan fingerprint density at radius 2 is 1.54 bits per heavy atom. The fraction of sp³-hybridized carbons (Fsp3) is 0.750. The summed E-state index contributed by atoms with van der Waals surface area (Å²) in [4.78, 5) is 35.1. The summed E-state index contributed by atoms with van der Waals surface area (Å²) < 4.78 is 0. The van der Waals surface area contributed by atoms with Gasteiger partial charge in [0.05, 0.1) is 25.7 Å². The number of carbonyl (C=O) groups is 3. The second-order valence-corrected chi connectivity index (χ2v) is 5.10. The average Bonchev–Trinajstić information content (AvgIpc) is 2.47. The molecule has 140 valence electrons. The second-order valence-electron chi connectivity index (χ2n) is 5.10. The van der Waals surface area contributed by atoms with Crippen molar-refractivity contribution < 1.29 is 34.8 Å². The highest BCUT2D eigenvalue weighted by Gasteiger charge is 2.29. The highest BCUT2D eigenvalue weighted by molar-refractivity contribution is 5.93. The summed E-state index contributed by atoms with van der Waals surface area (Å²) in [5.74, 6) is -2.68. The minimum absolute atomic E-state index is 0.566. The average molecular weight is 351 g/mol.